The van der Waals surface area contributed by atoms with E-state index >= 15 is 0 Å². The van der Waals surface area contributed by atoms with Crippen molar-refractivity contribution in [1.82, 2.24) is 4.98 Å². The molecule has 6 nitrogen and oxygen atoms in total. The molecule has 0 radical (unpaired) electrons. The van der Waals surface area contributed by atoms with Crippen LogP contribution in [0.25, 0.3) is 21.1 Å². The molecule has 2 aromatic heterocycles. The molecule has 0 unspecified atom stereocenters. The fourth-order valence-electron chi connectivity index (χ4n) is 3.31. The summed E-state index contributed by atoms with van der Waals surface area (Å²) in [5.74, 6) is 0.849. The third-order valence-corrected chi connectivity index (χ3v) is 6.08. The van der Waals surface area contributed by atoms with Gasteiger partial charge in [-0.1, -0.05) is 12.1 Å². The minimum atomic E-state index is -0.300. The molecular weight excluding hydrogens is 386 g/mol. The Morgan fingerprint density at radius 2 is 1.79 bits per heavy atom. The molecule has 29 heavy (non-hydrogen) atoms. The third-order valence-electron chi connectivity index (χ3n) is 4.97. The minimum Gasteiger partial charge on any atom is -0.497 e. The molecule has 7 heteroatoms. The van der Waals surface area contributed by atoms with Crippen LogP contribution >= 0.6 is 11.3 Å². The summed E-state index contributed by atoms with van der Waals surface area (Å²) in [5, 5.41) is 4.72. The number of hydrogen-bond donors (Lipinski definition) is 2. The van der Waals surface area contributed by atoms with E-state index in [0.29, 0.717) is 27.8 Å². The average molecular weight is 407 g/mol. The number of aromatic nitrogens is 1. The Bertz CT molecular complexity index is 1260. The number of carbonyl (C=O) groups excluding carboxylic acids is 1. The van der Waals surface area contributed by atoms with E-state index in [0.717, 1.165) is 32.2 Å². The van der Waals surface area contributed by atoms with Gasteiger partial charge in [-0.3, -0.25) is 4.79 Å². The van der Waals surface area contributed by atoms with Gasteiger partial charge in [0.15, 0.2) is 0 Å². The molecule has 0 atom stereocenters. The lowest BCUT2D eigenvalue weighted by Crippen LogP contribution is -2.12. The maximum absolute atomic E-state index is 13.0. The first-order chi connectivity index (χ1) is 13.9. The number of amides is 1. The second kappa shape index (κ2) is 7.25. The molecule has 0 fully saturated rings. The minimum absolute atomic E-state index is 0.300. The summed E-state index contributed by atoms with van der Waals surface area (Å²) in [4.78, 5) is 18.9. The number of anilines is 2. The number of carbonyl (C=O) groups is 1. The summed E-state index contributed by atoms with van der Waals surface area (Å²) in [6, 6.07) is 11.3. The quantitative estimate of drug-likeness (QED) is 0.501. The van der Waals surface area contributed by atoms with Gasteiger partial charge in [0.25, 0.3) is 5.91 Å². The number of pyridine rings is 1. The molecule has 2 aromatic carbocycles. The first-order valence-electron chi connectivity index (χ1n) is 9.05. The highest BCUT2D eigenvalue weighted by molar-refractivity contribution is 7.21. The van der Waals surface area contributed by atoms with Crippen LogP contribution in [0, 0.1) is 13.8 Å². The first-order valence-corrected chi connectivity index (χ1v) is 9.87. The van der Waals surface area contributed by atoms with E-state index in [1.807, 2.05) is 19.9 Å². The summed E-state index contributed by atoms with van der Waals surface area (Å²) in [5.41, 5.74) is 10.5. The molecule has 0 aliphatic rings. The van der Waals surface area contributed by atoms with Crippen molar-refractivity contribution in [3.8, 4) is 11.5 Å². The number of nitrogen functional groups attached to an aromatic ring is 1. The molecule has 0 aliphatic heterocycles. The Balaban J connectivity index is 1.77. The predicted octanol–water partition coefficient (Wildman–Crippen LogP) is 4.92. The Morgan fingerprint density at radius 1 is 1.03 bits per heavy atom. The van der Waals surface area contributed by atoms with Crippen LogP contribution in [0.1, 0.15) is 20.8 Å². The van der Waals surface area contributed by atoms with Crippen LogP contribution in [-0.4, -0.2) is 25.1 Å². The third kappa shape index (κ3) is 3.23. The molecule has 4 aromatic rings. The summed E-state index contributed by atoms with van der Waals surface area (Å²) < 4.78 is 10.6. The molecular formula is C22H21N3O3S. The molecule has 1 amide bonds. The summed E-state index contributed by atoms with van der Waals surface area (Å²) >= 11 is 1.29. The van der Waals surface area contributed by atoms with Crippen molar-refractivity contribution in [3.63, 3.8) is 0 Å². The molecule has 4 rings (SSSR count). The Labute approximate surface area is 172 Å². The summed E-state index contributed by atoms with van der Waals surface area (Å²) in [6.45, 7) is 4.07. The second-order valence-corrected chi connectivity index (χ2v) is 7.80. The van der Waals surface area contributed by atoms with E-state index < -0.39 is 0 Å². The van der Waals surface area contributed by atoms with Crippen LogP contribution in [-0.2, 0) is 0 Å². The molecule has 3 N–H and O–H groups in total. The number of hydrogen-bond acceptors (Lipinski definition) is 6. The Morgan fingerprint density at radius 3 is 2.52 bits per heavy atom. The maximum atomic E-state index is 13.0. The topological polar surface area (TPSA) is 86.5 Å². The largest absolute Gasteiger partial charge is 0.497 e. The number of nitrogens with zero attached hydrogens (tertiary/aromatic N) is 1. The monoisotopic (exact) mass is 407 g/mol. The van der Waals surface area contributed by atoms with Crippen molar-refractivity contribution in [2.75, 3.05) is 25.3 Å². The van der Waals surface area contributed by atoms with E-state index in [1.165, 1.54) is 11.3 Å². The predicted molar refractivity (Wildman–Crippen MR) is 119 cm³/mol. The van der Waals surface area contributed by atoms with Crippen LogP contribution < -0.4 is 20.5 Å². The fraction of sp³-hybridized carbons (Fsp3) is 0.182. The highest BCUT2D eigenvalue weighted by atomic mass is 32.1. The zero-order valence-corrected chi connectivity index (χ0v) is 17.4. The fourth-order valence-corrected chi connectivity index (χ4v) is 4.28. The zero-order chi connectivity index (χ0) is 20.7. The van der Waals surface area contributed by atoms with Crippen molar-refractivity contribution >= 4 is 49.7 Å². The first kappa shape index (κ1) is 19.0. The SMILES string of the molecule is COc1ccc(NC(=O)c2sc3nc4c(C)ccc(C)c4cc3c2N)c(OC)c1. The lowest BCUT2D eigenvalue weighted by Gasteiger charge is -2.11. The standard InChI is InChI=1S/C22H21N3O3S/c1-11-5-6-12(2)19-14(11)10-15-18(23)20(29-22(15)25-19)21(26)24-16-8-7-13(27-3)9-17(16)28-4/h5-10H,23H2,1-4H3,(H,24,26). The summed E-state index contributed by atoms with van der Waals surface area (Å²) in [7, 11) is 3.11. The molecule has 2 heterocycles. The van der Waals surface area contributed by atoms with Crippen LogP contribution in [0.3, 0.4) is 0 Å². The zero-order valence-electron chi connectivity index (χ0n) is 16.6. The number of rotatable bonds is 4. The smallest absolute Gasteiger partial charge is 0.268 e. The molecule has 0 bridgehead atoms. The van der Waals surface area contributed by atoms with Gasteiger partial charge in [0, 0.05) is 16.8 Å². The van der Waals surface area contributed by atoms with E-state index in [-0.39, 0.29) is 5.91 Å². The Hall–Kier alpha value is -3.32. The number of ether oxygens (including phenoxy) is 2. The number of nitrogens with one attached hydrogen (secondary N) is 1. The highest BCUT2D eigenvalue weighted by Crippen LogP contribution is 2.37. The number of thiophene rings is 1. The van der Waals surface area contributed by atoms with Crippen LogP contribution in [0.2, 0.25) is 0 Å². The lowest BCUT2D eigenvalue weighted by molar-refractivity contribution is 0.103. The van der Waals surface area contributed by atoms with Crippen LogP contribution in [0.4, 0.5) is 11.4 Å². The van der Waals surface area contributed by atoms with Gasteiger partial charge in [0.1, 0.15) is 21.2 Å². The van der Waals surface area contributed by atoms with Crippen molar-refractivity contribution < 1.29 is 14.3 Å². The van der Waals surface area contributed by atoms with Gasteiger partial charge in [-0.25, -0.2) is 4.98 Å². The van der Waals surface area contributed by atoms with Gasteiger partial charge in [-0.2, -0.15) is 0 Å². The van der Waals surface area contributed by atoms with Crippen molar-refractivity contribution in [2.24, 2.45) is 0 Å². The van der Waals surface area contributed by atoms with Crippen molar-refractivity contribution in [2.45, 2.75) is 13.8 Å². The molecule has 0 spiro atoms. The number of benzene rings is 2. The highest BCUT2D eigenvalue weighted by Gasteiger charge is 2.20. The van der Waals surface area contributed by atoms with Crippen molar-refractivity contribution in [1.29, 1.82) is 0 Å². The van der Waals surface area contributed by atoms with Gasteiger partial charge in [-0.05, 0) is 43.2 Å². The van der Waals surface area contributed by atoms with E-state index in [1.54, 1.807) is 32.4 Å². The number of methoxy groups -OCH3 is 2. The van der Waals surface area contributed by atoms with E-state index in [4.69, 9.17) is 20.2 Å². The number of aryl methyl sites for hydroxylation is 2. The van der Waals surface area contributed by atoms with Crippen LogP contribution in [0.5, 0.6) is 11.5 Å². The van der Waals surface area contributed by atoms with Gasteiger partial charge in [-0.15, -0.1) is 11.3 Å². The van der Waals surface area contributed by atoms with Crippen LogP contribution in [0.15, 0.2) is 36.4 Å². The van der Waals surface area contributed by atoms with E-state index in [2.05, 4.69) is 17.4 Å². The normalized spacial score (nSPS) is 11.0. The lowest BCUT2D eigenvalue weighted by atomic mass is 10.0. The molecule has 148 valence electrons. The van der Waals surface area contributed by atoms with Gasteiger partial charge in [0.05, 0.1) is 31.1 Å². The maximum Gasteiger partial charge on any atom is 0.268 e. The van der Waals surface area contributed by atoms with Gasteiger partial charge < -0.3 is 20.5 Å². The molecule has 0 saturated heterocycles. The second-order valence-electron chi connectivity index (χ2n) is 6.80. The number of fused-ring (bicyclic) bond motifs is 2. The Kier molecular flexibility index (Phi) is 4.76. The summed E-state index contributed by atoms with van der Waals surface area (Å²) in [6.07, 6.45) is 0. The number of nitrogens with two attached hydrogens (primary N) is 1. The molecule has 0 saturated carbocycles. The van der Waals surface area contributed by atoms with Gasteiger partial charge >= 0.3 is 0 Å². The average Bonchev–Trinajstić information content (AvgIpc) is 3.06. The molecule has 0 aliphatic carbocycles. The van der Waals surface area contributed by atoms with Crippen molar-refractivity contribution in [3.05, 3.63) is 52.4 Å². The van der Waals surface area contributed by atoms with E-state index in [9.17, 15) is 4.79 Å². The van der Waals surface area contributed by atoms with Gasteiger partial charge in [0.2, 0.25) is 0 Å².